The van der Waals surface area contributed by atoms with Crippen LogP contribution in [0.15, 0.2) is 0 Å². The number of halogens is 1. The van der Waals surface area contributed by atoms with Gasteiger partial charge in [0, 0.05) is 12.5 Å². The van der Waals surface area contributed by atoms with E-state index in [9.17, 15) is 4.79 Å². The molecule has 0 spiro atoms. The van der Waals surface area contributed by atoms with Crippen LogP contribution < -0.4 is 0 Å². The number of rotatable bonds is 2. The van der Waals surface area contributed by atoms with Crippen LogP contribution in [0.1, 0.15) is 43.9 Å². The minimum Gasteiger partial charge on any atom is -0.461 e. The van der Waals surface area contributed by atoms with Gasteiger partial charge in [-0.2, -0.15) is 5.10 Å². The Balaban J connectivity index is 3.23. The molecular weight excluding hydrogens is 228 g/mol. The lowest BCUT2D eigenvalue weighted by Gasteiger charge is -2.15. The highest BCUT2D eigenvalue weighted by atomic mass is 35.5. The van der Waals surface area contributed by atoms with Crippen molar-refractivity contribution in [2.75, 3.05) is 6.61 Å². The molecule has 0 N–H and O–H groups in total. The molecule has 1 aromatic heterocycles. The third kappa shape index (κ3) is 2.38. The third-order valence-corrected chi connectivity index (χ3v) is 2.53. The molecule has 1 heterocycles. The summed E-state index contributed by atoms with van der Waals surface area (Å²) in [7, 11) is 1.69. The van der Waals surface area contributed by atoms with Gasteiger partial charge in [-0.1, -0.05) is 32.4 Å². The van der Waals surface area contributed by atoms with Crippen molar-refractivity contribution in [3.63, 3.8) is 0 Å². The highest BCUT2D eigenvalue weighted by Crippen LogP contribution is 2.31. The maximum atomic E-state index is 11.7. The summed E-state index contributed by atoms with van der Waals surface area (Å²) in [6.45, 7) is 8.07. The van der Waals surface area contributed by atoms with Gasteiger partial charge in [-0.3, -0.25) is 4.68 Å². The van der Waals surface area contributed by atoms with Crippen LogP contribution in [-0.4, -0.2) is 22.4 Å². The third-order valence-electron chi connectivity index (χ3n) is 2.17. The molecule has 0 aliphatic heterocycles. The monoisotopic (exact) mass is 244 g/mol. The van der Waals surface area contributed by atoms with Gasteiger partial charge in [-0.05, 0) is 6.92 Å². The Morgan fingerprint density at radius 3 is 2.44 bits per heavy atom. The van der Waals surface area contributed by atoms with E-state index in [1.165, 1.54) is 4.68 Å². The minimum absolute atomic E-state index is 0.195. The molecule has 0 saturated heterocycles. The fourth-order valence-electron chi connectivity index (χ4n) is 1.40. The van der Waals surface area contributed by atoms with E-state index in [-0.39, 0.29) is 5.41 Å². The van der Waals surface area contributed by atoms with E-state index in [1.54, 1.807) is 14.0 Å². The molecule has 0 fully saturated rings. The minimum atomic E-state index is -0.432. The highest BCUT2D eigenvalue weighted by molar-refractivity contribution is 6.34. The van der Waals surface area contributed by atoms with Gasteiger partial charge in [0.2, 0.25) is 0 Å². The molecule has 5 heteroatoms. The first-order valence-corrected chi connectivity index (χ1v) is 5.57. The zero-order valence-electron chi connectivity index (χ0n) is 10.3. The van der Waals surface area contributed by atoms with Gasteiger partial charge < -0.3 is 4.74 Å². The lowest BCUT2D eigenvalue weighted by molar-refractivity contribution is 0.0514. The van der Waals surface area contributed by atoms with Crippen molar-refractivity contribution in [2.24, 2.45) is 7.05 Å². The van der Waals surface area contributed by atoms with Crippen molar-refractivity contribution in [2.45, 2.75) is 33.1 Å². The van der Waals surface area contributed by atoms with Crippen LogP contribution in [-0.2, 0) is 17.2 Å². The second-order valence-corrected chi connectivity index (χ2v) is 4.98. The van der Waals surface area contributed by atoms with E-state index < -0.39 is 5.97 Å². The number of aromatic nitrogens is 2. The largest absolute Gasteiger partial charge is 0.461 e. The Hall–Kier alpha value is -1.03. The van der Waals surface area contributed by atoms with Gasteiger partial charge in [-0.15, -0.1) is 0 Å². The molecule has 0 aromatic carbocycles. The van der Waals surface area contributed by atoms with Crippen molar-refractivity contribution in [1.29, 1.82) is 0 Å². The number of ether oxygens (including phenoxy) is 1. The van der Waals surface area contributed by atoms with Crippen LogP contribution in [0.2, 0.25) is 5.02 Å². The molecule has 1 rings (SSSR count). The Morgan fingerprint density at radius 2 is 2.06 bits per heavy atom. The zero-order valence-corrected chi connectivity index (χ0v) is 11.1. The second-order valence-electron chi connectivity index (χ2n) is 4.61. The molecule has 0 unspecified atom stereocenters. The fraction of sp³-hybridized carbons (Fsp3) is 0.636. The molecule has 1 aromatic rings. The molecular formula is C11H17ClN2O2. The zero-order chi connectivity index (χ0) is 12.5. The lowest BCUT2D eigenvalue weighted by atomic mass is 9.92. The van der Waals surface area contributed by atoms with Gasteiger partial charge in [0.15, 0.2) is 5.69 Å². The summed E-state index contributed by atoms with van der Waals surface area (Å²) in [5.41, 5.74) is 0.827. The van der Waals surface area contributed by atoms with Crippen molar-refractivity contribution < 1.29 is 9.53 Å². The average molecular weight is 245 g/mol. The smallest absolute Gasteiger partial charge is 0.358 e. The van der Waals surface area contributed by atoms with E-state index in [4.69, 9.17) is 16.3 Å². The molecule has 16 heavy (non-hydrogen) atoms. The second kappa shape index (κ2) is 4.45. The number of hydrogen-bond acceptors (Lipinski definition) is 3. The van der Waals surface area contributed by atoms with E-state index in [0.29, 0.717) is 23.0 Å². The molecule has 0 aliphatic carbocycles. The molecule has 90 valence electrons. The van der Waals surface area contributed by atoms with Gasteiger partial charge in [0.1, 0.15) is 0 Å². The first-order valence-electron chi connectivity index (χ1n) is 5.19. The summed E-state index contributed by atoms with van der Waals surface area (Å²) < 4.78 is 6.40. The molecule has 4 nitrogen and oxygen atoms in total. The predicted octanol–water partition coefficient (Wildman–Crippen LogP) is 2.55. The van der Waals surface area contributed by atoms with E-state index >= 15 is 0 Å². The van der Waals surface area contributed by atoms with Crippen LogP contribution in [0.5, 0.6) is 0 Å². The summed E-state index contributed by atoms with van der Waals surface area (Å²) in [6.07, 6.45) is 0. The summed E-state index contributed by atoms with van der Waals surface area (Å²) in [4.78, 5) is 11.7. The first-order chi connectivity index (χ1) is 7.29. The van der Waals surface area contributed by atoms with Crippen molar-refractivity contribution >= 4 is 17.6 Å². The molecule has 0 radical (unpaired) electrons. The summed E-state index contributed by atoms with van der Waals surface area (Å²) in [6, 6.07) is 0. The Kier molecular flexibility index (Phi) is 3.63. The number of aryl methyl sites for hydroxylation is 1. The number of hydrogen-bond donors (Lipinski definition) is 0. The summed E-state index contributed by atoms with van der Waals surface area (Å²) in [5.74, 6) is -0.432. The van der Waals surface area contributed by atoms with E-state index in [0.717, 1.165) is 0 Å². The number of carbonyl (C=O) groups is 1. The van der Waals surface area contributed by atoms with E-state index in [1.807, 2.05) is 20.8 Å². The van der Waals surface area contributed by atoms with Crippen LogP contribution >= 0.6 is 11.6 Å². The number of nitrogens with zero attached hydrogens (tertiary/aromatic N) is 2. The molecule has 0 saturated carbocycles. The molecule has 0 bridgehead atoms. The maximum absolute atomic E-state index is 11.7. The number of esters is 1. The predicted molar refractivity (Wildman–Crippen MR) is 62.9 cm³/mol. The van der Waals surface area contributed by atoms with E-state index in [2.05, 4.69) is 5.10 Å². The summed E-state index contributed by atoms with van der Waals surface area (Å²) >= 11 is 6.16. The molecule has 0 amide bonds. The molecule has 0 atom stereocenters. The topological polar surface area (TPSA) is 44.1 Å². The van der Waals surface area contributed by atoms with Gasteiger partial charge in [-0.25, -0.2) is 4.79 Å². The average Bonchev–Trinajstić information content (AvgIpc) is 2.41. The normalized spacial score (nSPS) is 11.6. The Bertz CT molecular complexity index is 405. The molecule has 0 aliphatic rings. The van der Waals surface area contributed by atoms with Crippen LogP contribution in [0.25, 0.3) is 0 Å². The SMILES string of the molecule is CCOC(=O)c1c(Cl)c(C(C)(C)C)nn1C. The lowest BCUT2D eigenvalue weighted by Crippen LogP contribution is -2.12. The maximum Gasteiger partial charge on any atom is 0.358 e. The van der Waals surface area contributed by atoms with Gasteiger partial charge >= 0.3 is 5.97 Å². The van der Waals surface area contributed by atoms with Gasteiger partial charge in [0.05, 0.1) is 17.3 Å². The van der Waals surface area contributed by atoms with Crippen LogP contribution in [0, 0.1) is 0 Å². The van der Waals surface area contributed by atoms with Crippen molar-refractivity contribution in [3.8, 4) is 0 Å². The summed E-state index contributed by atoms with van der Waals surface area (Å²) in [5, 5.41) is 4.65. The first kappa shape index (κ1) is 13.0. The standard InChI is InChI=1S/C11H17ClN2O2/c1-6-16-10(15)8-7(12)9(11(2,3)4)13-14(8)5/h6H2,1-5H3. The van der Waals surface area contributed by atoms with Crippen LogP contribution in [0.3, 0.4) is 0 Å². The number of carbonyl (C=O) groups excluding carboxylic acids is 1. The highest BCUT2D eigenvalue weighted by Gasteiger charge is 2.28. The van der Waals surface area contributed by atoms with Crippen LogP contribution in [0.4, 0.5) is 0 Å². The Morgan fingerprint density at radius 1 is 1.50 bits per heavy atom. The quantitative estimate of drug-likeness (QED) is 0.751. The van der Waals surface area contributed by atoms with Crippen molar-refractivity contribution in [3.05, 3.63) is 16.4 Å². The van der Waals surface area contributed by atoms with Crippen molar-refractivity contribution in [1.82, 2.24) is 9.78 Å². The fourth-order valence-corrected chi connectivity index (χ4v) is 1.92. The Labute approximate surface area is 101 Å². The van der Waals surface area contributed by atoms with Gasteiger partial charge in [0.25, 0.3) is 0 Å².